The minimum Gasteiger partial charge on any atom is -0.478 e. The maximum absolute atomic E-state index is 12.0. The highest BCUT2D eigenvalue weighted by atomic mass is 16.4. The first-order valence-electron chi connectivity index (χ1n) is 5.87. The van der Waals surface area contributed by atoms with E-state index in [1.807, 2.05) is 6.92 Å². The summed E-state index contributed by atoms with van der Waals surface area (Å²) in [6.07, 6.45) is 0.872. The van der Waals surface area contributed by atoms with Crippen LogP contribution in [0.2, 0.25) is 0 Å². The van der Waals surface area contributed by atoms with E-state index in [9.17, 15) is 9.59 Å². The molecule has 96 valence electrons. The van der Waals surface area contributed by atoms with E-state index in [1.165, 1.54) is 12.1 Å². The van der Waals surface area contributed by atoms with Crippen LogP contribution in [-0.2, 0) is 0 Å². The van der Waals surface area contributed by atoms with Crippen LogP contribution < -0.4 is 10.6 Å². The van der Waals surface area contributed by atoms with Gasteiger partial charge in [0.15, 0.2) is 0 Å². The molecule has 1 unspecified atom stereocenters. The Kier molecular flexibility index (Phi) is 3.34. The zero-order chi connectivity index (χ0) is 13.2. The Morgan fingerprint density at radius 1 is 1.39 bits per heavy atom. The number of amides is 1. The van der Waals surface area contributed by atoms with E-state index in [4.69, 9.17) is 5.11 Å². The van der Waals surface area contributed by atoms with E-state index in [-0.39, 0.29) is 17.0 Å². The Morgan fingerprint density at radius 2 is 2.11 bits per heavy atom. The molecule has 1 aromatic carbocycles. The zero-order valence-electron chi connectivity index (χ0n) is 10.2. The van der Waals surface area contributed by atoms with Crippen molar-refractivity contribution in [1.29, 1.82) is 0 Å². The van der Waals surface area contributed by atoms with Crippen LogP contribution in [0.1, 0.15) is 34.1 Å². The summed E-state index contributed by atoms with van der Waals surface area (Å²) in [5.74, 6) is -1.26. The van der Waals surface area contributed by atoms with E-state index in [1.54, 1.807) is 12.1 Å². The summed E-state index contributed by atoms with van der Waals surface area (Å²) in [5.41, 5.74) is 0.247. The fourth-order valence-corrected chi connectivity index (χ4v) is 2.06. The molecule has 1 heterocycles. The quantitative estimate of drug-likeness (QED) is 0.741. The lowest BCUT2D eigenvalue weighted by atomic mass is 10.0. The maximum atomic E-state index is 12.0. The van der Waals surface area contributed by atoms with Crippen LogP contribution in [0.4, 0.5) is 0 Å². The average Bonchev–Trinajstić information content (AvgIpc) is 2.76. The summed E-state index contributed by atoms with van der Waals surface area (Å²) in [6, 6.07) is 6.06. The maximum Gasteiger partial charge on any atom is 0.335 e. The third kappa shape index (κ3) is 2.68. The molecule has 2 rings (SSSR count). The van der Waals surface area contributed by atoms with Crippen molar-refractivity contribution >= 4 is 11.9 Å². The molecule has 1 amide bonds. The Morgan fingerprint density at radius 3 is 2.72 bits per heavy atom. The molecule has 0 aliphatic carbocycles. The first-order chi connectivity index (χ1) is 8.50. The van der Waals surface area contributed by atoms with Gasteiger partial charge in [-0.2, -0.15) is 0 Å². The van der Waals surface area contributed by atoms with Crippen molar-refractivity contribution in [2.45, 2.75) is 18.9 Å². The van der Waals surface area contributed by atoms with Crippen LogP contribution >= 0.6 is 0 Å². The normalized spacial score (nSPS) is 22.7. The van der Waals surface area contributed by atoms with Crippen molar-refractivity contribution in [3.05, 3.63) is 35.4 Å². The van der Waals surface area contributed by atoms with Gasteiger partial charge >= 0.3 is 5.97 Å². The second kappa shape index (κ2) is 4.78. The predicted molar refractivity (Wildman–Crippen MR) is 66.8 cm³/mol. The van der Waals surface area contributed by atoms with Crippen LogP contribution in [0.15, 0.2) is 24.3 Å². The van der Waals surface area contributed by atoms with E-state index < -0.39 is 5.97 Å². The number of benzene rings is 1. The summed E-state index contributed by atoms with van der Waals surface area (Å²) in [4.78, 5) is 22.9. The number of aromatic carboxylic acids is 1. The van der Waals surface area contributed by atoms with Gasteiger partial charge in [0.1, 0.15) is 0 Å². The third-order valence-electron chi connectivity index (χ3n) is 3.16. The minimum absolute atomic E-state index is 0.123. The molecule has 1 aliphatic heterocycles. The van der Waals surface area contributed by atoms with Crippen molar-refractivity contribution in [2.75, 3.05) is 13.1 Å². The molecule has 1 aromatic rings. The van der Waals surface area contributed by atoms with Gasteiger partial charge in [-0.1, -0.05) is 6.07 Å². The van der Waals surface area contributed by atoms with Gasteiger partial charge in [-0.25, -0.2) is 4.79 Å². The van der Waals surface area contributed by atoms with Gasteiger partial charge < -0.3 is 15.7 Å². The third-order valence-corrected chi connectivity index (χ3v) is 3.16. The van der Waals surface area contributed by atoms with Crippen LogP contribution in [0.25, 0.3) is 0 Å². The van der Waals surface area contributed by atoms with Gasteiger partial charge in [0.25, 0.3) is 5.91 Å². The fraction of sp³-hybridized carbons (Fsp3) is 0.385. The number of carboxylic acids is 1. The molecule has 1 fully saturated rings. The molecule has 1 atom stereocenters. The lowest BCUT2D eigenvalue weighted by Gasteiger charge is -2.24. The van der Waals surface area contributed by atoms with Gasteiger partial charge in [-0.3, -0.25) is 4.79 Å². The number of hydrogen-bond donors (Lipinski definition) is 3. The minimum atomic E-state index is -1.03. The van der Waals surface area contributed by atoms with Crippen molar-refractivity contribution in [3.63, 3.8) is 0 Å². The van der Waals surface area contributed by atoms with Gasteiger partial charge in [0.05, 0.1) is 11.1 Å². The smallest absolute Gasteiger partial charge is 0.335 e. The Bertz CT molecular complexity index is 479. The monoisotopic (exact) mass is 248 g/mol. The molecule has 0 spiro atoms. The lowest BCUT2D eigenvalue weighted by molar-refractivity contribution is 0.0697. The van der Waals surface area contributed by atoms with Gasteiger partial charge in [0.2, 0.25) is 0 Å². The number of carboxylic acid groups (broad SMARTS) is 1. The van der Waals surface area contributed by atoms with E-state index in [0.29, 0.717) is 5.56 Å². The fourth-order valence-electron chi connectivity index (χ4n) is 2.06. The van der Waals surface area contributed by atoms with E-state index >= 15 is 0 Å². The predicted octanol–water partition coefficient (Wildman–Crippen LogP) is 0.867. The molecule has 18 heavy (non-hydrogen) atoms. The highest BCUT2D eigenvalue weighted by molar-refractivity contribution is 5.97. The molecule has 0 saturated carbocycles. The first-order valence-corrected chi connectivity index (χ1v) is 5.87. The summed E-state index contributed by atoms with van der Waals surface area (Å²) in [5, 5.41) is 15.0. The molecule has 0 aromatic heterocycles. The van der Waals surface area contributed by atoms with Crippen molar-refractivity contribution in [2.24, 2.45) is 0 Å². The Hall–Kier alpha value is -1.88. The SMILES string of the molecule is CC1(NC(=O)c2cccc(C(=O)O)c2)CCNC1. The summed E-state index contributed by atoms with van der Waals surface area (Å²) < 4.78 is 0. The lowest BCUT2D eigenvalue weighted by Crippen LogP contribution is -2.47. The highest BCUT2D eigenvalue weighted by Gasteiger charge is 2.30. The number of nitrogens with one attached hydrogen (secondary N) is 2. The molecular weight excluding hydrogens is 232 g/mol. The standard InChI is InChI=1S/C13H16N2O3/c1-13(5-6-14-8-13)15-11(16)9-3-2-4-10(7-9)12(17)18/h2-4,7,14H,5-6,8H2,1H3,(H,15,16)(H,17,18). The van der Waals surface area contributed by atoms with Crippen molar-refractivity contribution in [1.82, 2.24) is 10.6 Å². The van der Waals surface area contributed by atoms with Crippen molar-refractivity contribution in [3.8, 4) is 0 Å². The molecule has 5 heteroatoms. The summed E-state index contributed by atoms with van der Waals surface area (Å²) in [6.45, 7) is 3.59. The van der Waals surface area contributed by atoms with Crippen LogP contribution in [0, 0.1) is 0 Å². The van der Waals surface area contributed by atoms with Crippen molar-refractivity contribution < 1.29 is 14.7 Å². The van der Waals surface area contributed by atoms with Crippen LogP contribution in [-0.4, -0.2) is 35.6 Å². The largest absolute Gasteiger partial charge is 0.478 e. The first kappa shape index (κ1) is 12.6. The summed E-state index contributed by atoms with van der Waals surface area (Å²) >= 11 is 0. The second-order valence-corrected chi connectivity index (χ2v) is 4.83. The van der Waals surface area contributed by atoms with Gasteiger partial charge in [0, 0.05) is 12.1 Å². The highest BCUT2D eigenvalue weighted by Crippen LogP contribution is 2.15. The molecule has 3 N–H and O–H groups in total. The van der Waals surface area contributed by atoms with Crippen LogP contribution in [0.5, 0.6) is 0 Å². The Labute approximate surface area is 105 Å². The molecule has 0 radical (unpaired) electrons. The number of rotatable bonds is 3. The van der Waals surface area contributed by atoms with E-state index in [2.05, 4.69) is 10.6 Å². The topological polar surface area (TPSA) is 78.4 Å². The van der Waals surface area contributed by atoms with Gasteiger partial charge in [-0.05, 0) is 38.1 Å². The molecule has 5 nitrogen and oxygen atoms in total. The number of hydrogen-bond acceptors (Lipinski definition) is 3. The Balaban J connectivity index is 2.13. The molecule has 0 bridgehead atoms. The average molecular weight is 248 g/mol. The molecule has 1 saturated heterocycles. The second-order valence-electron chi connectivity index (χ2n) is 4.83. The molecular formula is C13H16N2O3. The number of carbonyl (C=O) groups excluding carboxylic acids is 1. The number of carbonyl (C=O) groups is 2. The molecule has 1 aliphatic rings. The van der Waals surface area contributed by atoms with Crippen LogP contribution in [0.3, 0.4) is 0 Å². The zero-order valence-corrected chi connectivity index (χ0v) is 10.2. The van der Waals surface area contributed by atoms with E-state index in [0.717, 1.165) is 19.5 Å². The van der Waals surface area contributed by atoms with Gasteiger partial charge in [-0.15, -0.1) is 0 Å². The summed E-state index contributed by atoms with van der Waals surface area (Å²) in [7, 11) is 0.